The van der Waals surface area contributed by atoms with Gasteiger partial charge in [0.15, 0.2) is 5.69 Å². The summed E-state index contributed by atoms with van der Waals surface area (Å²) in [6.07, 6.45) is 0. The van der Waals surface area contributed by atoms with Crippen molar-refractivity contribution in [2.75, 3.05) is 0 Å². The van der Waals surface area contributed by atoms with Gasteiger partial charge < -0.3 is 4.52 Å². The summed E-state index contributed by atoms with van der Waals surface area (Å²) in [5.74, 6) is -0.0844. The van der Waals surface area contributed by atoms with Gasteiger partial charge in [-0.25, -0.2) is 0 Å². The van der Waals surface area contributed by atoms with Crippen molar-refractivity contribution in [2.24, 2.45) is 0 Å². The van der Waals surface area contributed by atoms with Crippen LogP contribution in [-0.2, 0) is 0 Å². The normalized spacial score (nSPS) is 11.5. The van der Waals surface area contributed by atoms with Gasteiger partial charge in [-0.05, 0) is 0 Å². The van der Waals surface area contributed by atoms with Crippen molar-refractivity contribution < 1.29 is 9.32 Å². The Labute approximate surface area is 101 Å². The molecular formula is C13H15NO2Si. The molecular weight excluding hydrogens is 230 g/mol. The molecule has 1 aromatic heterocycles. The van der Waals surface area contributed by atoms with E-state index >= 15 is 0 Å². The molecule has 0 bridgehead atoms. The van der Waals surface area contributed by atoms with Crippen LogP contribution in [0.4, 0.5) is 0 Å². The van der Waals surface area contributed by atoms with Crippen LogP contribution in [0.15, 0.2) is 40.9 Å². The third-order valence-electron chi connectivity index (χ3n) is 2.52. The second-order valence-electron chi connectivity index (χ2n) is 5.02. The zero-order valence-corrected chi connectivity index (χ0v) is 11.2. The summed E-state index contributed by atoms with van der Waals surface area (Å²) >= 11 is 0. The molecule has 88 valence electrons. The molecule has 17 heavy (non-hydrogen) atoms. The lowest BCUT2D eigenvalue weighted by atomic mass is 10.1. The lowest BCUT2D eigenvalue weighted by Gasteiger charge is -2.08. The first-order chi connectivity index (χ1) is 7.98. The minimum absolute atomic E-state index is 0.0844. The molecule has 0 saturated heterocycles. The van der Waals surface area contributed by atoms with Crippen LogP contribution in [0.2, 0.25) is 19.6 Å². The Bertz CT molecular complexity index is 526. The van der Waals surface area contributed by atoms with Crippen molar-refractivity contribution in [3.05, 3.63) is 47.7 Å². The van der Waals surface area contributed by atoms with Crippen molar-refractivity contribution in [3.8, 4) is 0 Å². The number of aromatic nitrogens is 1. The molecule has 2 rings (SSSR count). The average Bonchev–Trinajstić information content (AvgIpc) is 2.78. The van der Waals surface area contributed by atoms with Crippen LogP contribution in [0.25, 0.3) is 0 Å². The molecule has 0 radical (unpaired) electrons. The van der Waals surface area contributed by atoms with E-state index in [9.17, 15) is 4.79 Å². The number of benzene rings is 1. The Morgan fingerprint density at radius 3 is 2.35 bits per heavy atom. The highest BCUT2D eigenvalue weighted by Crippen LogP contribution is 2.09. The number of nitrogens with zero attached hydrogens (tertiary/aromatic N) is 1. The van der Waals surface area contributed by atoms with Crippen LogP contribution in [0.3, 0.4) is 0 Å². The second-order valence-corrected chi connectivity index (χ2v) is 10.0. The van der Waals surface area contributed by atoms with Gasteiger partial charge in [0, 0.05) is 11.6 Å². The first kappa shape index (κ1) is 11.8. The van der Waals surface area contributed by atoms with E-state index in [0.717, 1.165) is 5.38 Å². The highest BCUT2D eigenvalue weighted by Gasteiger charge is 2.24. The Morgan fingerprint density at radius 2 is 1.82 bits per heavy atom. The monoisotopic (exact) mass is 245 g/mol. The van der Waals surface area contributed by atoms with E-state index in [-0.39, 0.29) is 5.78 Å². The number of ketones is 1. The second kappa shape index (κ2) is 4.29. The van der Waals surface area contributed by atoms with Gasteiger partial charge in [0.25, 0.3) is 0 Å². The molecule has 0 fully saturated rings. The van der Waals surface area contributed by atoms with Gasteiger partial charge >= 0.3 is 0 Å². The Kier molecular flexibility index (Phi) is 2.98. The van der Waals surface area contributed by atoms with Gasteiger partial charge in [-0.15, -0.1) is 0 Å². The SMILES string of the molecule is C[Si](C)(C)c1cc(C(=O)c2ccccc2)no1. The van der Waals surface area contributed by atoms with Crippen LogP contribution < -0.4 is 5.38 Å². The molecule has 4 heteroatoms. The van der Waals surface area contributed by atoms with Crippen LogP contribution >= 0.6 is 0 Å². The van der Waals surface area contributed by atoms with Crippen molar-refractivity contribution in [1.29, 1.82) is 0 Å². The predicted octanol–water partition coefficient (Wildman–Crippen LogP) is 2.45. The van der Waals surface area contributed by atoms with Gasteiger partial charge in [0.2, 0.25) is 5.78 Å². The summed E-state index contributed by atoms with van der Waals surface area (Å²) in [6, 6.07) is 10.9. The van der Waals surface area contributed by atoms with E-state index in [1.54, 1.807) is 18.2 Å². The molecule has 0 saturated carbocycles. The van der Waals surface area contributed by atoms with Gasteiger partial charge in [-0.1, -0.05) is 55.1 Å². The fourth-order valence-corrected chi connectivity index (χ4v) is 2.36. The number of carbonyl (C=O) groups is 1. The first-order valence-electron chi connectivity index (χ1n) is 5.55. The third kappa shape index (κ3) is 2.53. The summed E-state index contributed by atoms with van der Waals surface area (Å²) in [4.78, 5) is 12.1. The van der Waals surface area contributed by atoms with Crippen LogP contribution in [0.5, 0.6) is 0 Å². The van der Waals surface area contributed by atoms with Gasteiger partial charge in [-0.3, -0.25) is 4.79 Å². The lowest BCUT2D eigenvalue weighted by Crippen LogP contribution is -2.36. The van der Waals surface area contributed by atoms with E-state index in [1.165, 1.54) is 0 Å². The topological polar surface area (TPSA) is 43.1 Å². The highest BCUT2D eigenvalue weighted by atomic mass is 28.3. The molecule has 0 atom stereocenters. The standard InChI is InChI=1S/C13H15NO2Si/c1-17(2,3)12-9-11(14-16-12)13(15)10-7-5-4-6-8-10/h4-9H,1-3H3. The maximum Gasteiger partial charge on any atom is 0.214 e. The molecule has 0 unspecified atom stereocenters. The van der Waals surface area contributed by atoms with Crippen LogP contribution in [-0.4, -0.2) is 19.0 Å². The third-order valence-corrected chi connectivity index (χ3v) is 4.23. The first-order valence-corrected chi connectivity index (χ1v) is 9.05. The molecule has 0 N–H and O–H groups in total. The molecule has 1 heterocycles. The Morgan fingerprint density at radius 1 is 1.18 bits per heavy atom. The van der Waals surface area contributed by atoms with Gasteiger partial charge in [0.1, 0.15) is 13.5 Å². The van der Waals surface area contributed by atoms with Crippen molar-refractivity contribution in [1.82, 2.24) is 5.16 Å². The summed E-state index contributed by atoms with van der Waals surface area (Å²) in [7, 11) is -1.54. The number of hydrogen-bond acceptors (Lipinski definition) is 3. The molecule has 2 aromatic rings. The molecule has 0 aliphatic carbocycles. The minimum Gasteiger partial charge on any atom is -0.366 e. The van der Waals surface area contributed by atoms with E-state index in [2.05, 4.69) is 24.8 Å². The molecule has 0 aliphatic heterocycles. The number of carbonyl (C=O) groups excluding carboxylic acids is 1. The van der Waals surface area contributed by atoms with E-state index in [0.29, 0.717) is 11.3 Å². The zero-order chi connectivity index (χ0) is 12.5. The summed E-state index contributed by atoms with van der Waals surface area (Å²) in [6.45, 7) is 6.47. The van der Waals surface area contributed by atoms with E-state index in [1.807, 2.05) is 18.2 Å². The maximum atomic E-state index is 12.1. The fourth-order valence-electron chi connectivity index (χ4n) is 1.47. The molecule has 0 amide bonds. The van der Waals surface area contributed by atoms with Crippen molar-refractivity contribution >= 4 is 19.2 Å². The Hall–Kier alpha value is -1.68. The zero-order valence-electron chi connectivity index (χ0n) is 10.2. The van der Waals surface area contributed by atoms with E-state index < -0.39 is 8.07 Å². The van der Waals surface area contributed by atoms with Gasteiger partial charge in [-0.2, -0.15) is 0 Å². The summed E-state index contributed by atoms with van der Waals surface area (Å²) < 4.78 is 5.26. The largest absolute Gasteiger partial charge is 0.366 e. The predicted molar refractivity (Wildman–Crippen MR) is 69.4 cm³/mol. The smallest absolute Gasteiger partial charge is 0.214 e. The van der Waals surface area contributed by atoms with E-state index in [4.69, 9.17) is 4.52 Å². The molecule has 3 nitrogen and oxygen atoms in total. The Balaban J connectivity index is 2.30. The summed E-state index contributed by atoms with van der Waals surface area (Å²) in [5.41, 5.74) is 1.04. The lowest BCUT2D eigenvalue weighted by molar-refractivity contribution is 0.103. The maximum absolute atomic E-state index is 12.1. The van der Waals surface area contributed by atoms with Crippen molar-refractivity contribution in [2.45, 2.75) is 19.6 Å². The number of hydrogen-bond donors (Lipinski definition) is 0. The quantitative estimate of drug-likeness (QED) is 0.616. The molecule has 0 aliphatic rings. The fraction of sp³-hybridized carbons (Fsp3) is 0.231. The van der Waals surface area contributed by atoms with Crippen molar-refractivity contribution in [3.63, 3.8) is 0 Å². The van der Waals surface area contributed by atoms with Gasteiger partial charge in [0.05, 0.1) is 0 Å². The minimum atomic E-state index is -1.54. The molecule has 1 aromatic carbocycles. The number of rotatable bonds is 3. The molecule has 0 spiro atoms. The average molecular weight is 245 g/mol. The van der Waals surface area contributed by atoms with Crippen LogP contribution in [0.1, 0.15) is 16.1 Å². The van der Waals surface area contributed by atoms with Crippen LogP contribution in [0, 0.1) is 0 Å². The summed E-state index contributed by atoms with van der Waals surface area (Å²) in [5, 5.41) is 4.73. The highest BCUT2D eigenvalue weighted by molar-refractivity contribution is 6.87.